The summed E-state index contributed by atoms with van der Waals surface area (Å²) in [5.74, 6) is -1.18. The van der Waals surface area contributed by atoms with Gasteiger partial charge in [0, 0.05) is 0 Å². The minimum atomic E-state index is -1.18. The van der Waals surface area contributed by atoms with Gasteiger partial charge in [-0.05, 0) is 5.56 Å². The molecule has 5 N–H and O–H groups in total. The molecule has 1 aromatic carbocycles. The highest BCUT2D eigenvalue weighted by Gasteiger charge is 2.21. The largest absolute Gasteiger partial charge is 0.479 e. The van der Waals surface area contributed by atoms with Gasteiger partial charge in [0.15, 0.2) is 6.04 Å². The van der Waals surface area contributed by atoms with Crippen LogP contribution in [0.5, 0.6) is 0 Å². The average Bonchev–Trinajstić information content (AvgIpc) is 2.41. The van der Waals surface area contributed by atoms with Crippen LogP contribution in [0.3, 0.4) is 0 Å². The summed E-state index contributed by atoms with van der Waals surface area (Å²) in [4.78, 5) is 32.9. The van der Waals surface area contributed by atoms with Crippen molar-refractivity contribution in [2.45, 2.75) is 6.04 Å². The molecule has 0 heterocycles. The molecule has 0 saturated carbocycles. The Hall–Kier alpha value is -2.77. The summed E-state index contributed by atoms with van der Waals surface area (Å²) in [6.07, 6.45) is -0.945. The standard InChI is InChI=1S/C12H15N3O5/c13-11(18)20-7-6-14-12(19)15-9(10(16)17)8-4-2-1-3-5-8/h1-5,9H,6-7H2,(H2,13,18)(H,16,17)(H2,14,15,19)/t9-/m0/s1. The highest BCUT2D eigenvalue weighted by atomic mass is 16.5. The molecular formula is C12H15N3O5. The van der Waals surface area contributed by atoms with E-state index in [1.54, 1.807) is 30.3 Å². The third kappa shape index (κ3) is 5.25. The molecule has 0 aliphatic carbocycles. The molecule has 1 rings (SSSR count). The summed E-state index contributed by atoms with van der Waals surface area (Å²) in [6, 6.07) is 6.42. The predicted molar refractivity (Wildman–Crippen MR) is 68.9 cm³/mol. The summed E-state index contributed by atoms with van der Waals surface area (Å²) in [5.41, 5.74) is 5.19. The van der Waals surface area contributed by atoms with Crippen molar-refractivity contribution < 1.29 is 24.2 Å². The van der Waals surface area contributed by atoms with Crippen LogP contribution in [0.15, 0.2) is 30.3 Å². The Labute approximate surface area is 114 Å². The van der Waals surface area contributed by atoms with Crippen molar-refractivity contribution in [1.29, 1.82) is 0 Å². The molecule has 0 bridgehead atoms. The molecule has 1 aromatic rings. The molecule has 0 radical (unpaired) electrons. The van der Waals surface area contributed by atoms with Crippen molar-refractivity contribution in [1.82, 2.24) is 10.6 Å². The molecule has 0 saturated heterocycles. The van der Waals surface area contributed by atoms with Gasteiger partial charge in [-0.3, -0.25) is 0 Å². The number of aliphatic carboxylic acids is 1. The lowest BCUT2D eigenvalue weighted by Gasteiger charge is -2.15. The van der Waals surface area contributed by atoms with Gasteiger partial charge in [0.2, 0.25) is 0 Å². The molecule has 8 nitrogen and oxygen atoms in total. The van der Waals surface area contributed by atoms with Gasteiger partial charge in [-0.2, -0.15) is 0 Å². The Bertz CT molecular complexity index is 477. The molecule has 0 spiro atoms. The summed E-state index contributed by atoms with van der Waals surface area (Å²) in [5, 5.41) is 13.7. The van der Waals surface area contributed by atoms with E-state index in [9.17, 15) is 14.4 Å². The van der Waals surface area contributed by atoms with Crippen molar-refractivity contribution in [3.8, 4) is 0 Å². The zero-order valence-electron chi connectivity index (χ0n) is 10.5. The van der Waals surface area contributed by atoms with Crippen LogP contribution in [-0.4, -0.2) is 36.4 Å². The van der Waals surface area contributed by atoms with Crippen molar-refractivity contribution in [3.63, 3.8) is 0 Å². The number of hydrogen-bond donors (Lipinski definition) is 4. The fourth-order valence-electron chi connectivity index (χ4n) is 1.43. The van der Waals surface area contributed by atoms with E-state index in [1.807, 2.05) is 0 Å². The van der Waals surface area contributed by atoms with Crippen LogP contribution in [-0.2, 0) is 9.53 Å². The molecule has 0 aliphatic rings. The number of rotatable bonds is 6. The number of carboxylic acids is 1. The maximum atomic E-state index is 11.5. The quantitative estimate of drug-likeness (QED) is 0.553. The number of benzene rings is 1. The van der Waals surface area contributed by atoms with E-state index in [1.165, 1.54) is 0 Å². The van der Waals surface area contributed by atoms with Gasteiger partial charge in [0.25, 0.3) is 0 Å². The first-order chi connectivity index (χ1) is 9.50. The van der Waals surface area contributed by atoms with Gasteiger partial charge in [0.1, 0.15) is 6.61 Å². The molecule has 0 aliphatic heterocycles. The van der Waals surface area contributed by atoms with E-state index in [-0.39, 0.29) is 13.2 Å². The van der Waals surface area contributed by atoms with Gasteiger partial charge >= 0.3 is 18.1 Å². The number of hydrogen-bond acceptors (Lipinski definition) is 4. The van der Waals surface area contributed by atoms with Crippen molar-refractivity contribution >= 4 is 18.1 Å². The third-order valence-electron chi connectivity index (χ3n) is 2.29. The molecule has 20 heavy (non-hydrogen) atoms. The van der Waals surface area contributed by atoms with Gasteiger partial charge in [-0.1, -0.05) is 30.3 Å². The Morgan fingerprint density at radius 2 is 1.90 bits per heavy atom. The van der Waals surface area contributed by atoms with E-state index >= 15 is 0 Å². The Morgan fingerprint density at radius 1 is 1.25 bits per heavy atom. The minimum absolute atomic E-state index is 0.0237. The molecule has 0 aromatic heterocycles. The first-order valence-electron chi connectivity index (χ1n) is 5.75. The molecule has 3 amide bonds. The summed E-state index contributed by atoms with van der Waals surface area (Å²) in [7, 11) is 0. The fraction of sp³-hybridized carbons (Fsp3) is 0.250. The predicted octanol–water partition coefficient (Wildman–Crippen LogP) is 0.207. The lowest BCUT2D eigenvalue weighted by molar-refractivity contribution is -0.139. The van der Waals surface area contributed by atoms with Gasteiger partial charge in [0.05, 0.1) is 6.54 Å². The number of nitrogens with one attached hydrogen (secondary N) is 2. The van der Waals surface area contributed by atoms with Crippen molar-refractivity contribution in [2.24, 2.45) is 5.73 Å². The Morgan fingerprint density at radius 3 is 2.45 bits per heavy atom. The second kappa shape index (κ2) is 7.62. The van der Waals surface area contributed by atoms with Gasteiger partial charge in [-0.25, -0.2) is 14.4 Å². The number of urea groups is 1. The van der Waals surface area contributed by atoms with Crippen LogP contribution in [0.25, 0.3) is 0 Å². The lowest BCUT2D eigenvalue weighted by atomic mass is 10.1. The number of carboxylic acid groups (broad SMARTS) is 1. The van der Waals surface area contributed by atoms with Crippen molar-refractivity contribution in [2.75, 3.05) is 13.2 Å². The normalized spacial score (nSPS) is 11.2. The first-order valence-corrected chi connectivity index (χ1v) is 5.75. The smallest absolute Gasteiger partial charge is 0.404 e. The second-order valence-electron chi connectivity index (χ2n) is 3.75. The Kier molecular flexibility index (Phi) is 5.82. The second-order valence-corrected chi connectivity index (χ2v) is 3.75. The van der Waals surface area contributed by atoms with E-state index in [0.29, 0.717) is 5.56 Å². The number of carbonyl (C=O) groups is 3. The van der Waals surface area contributed by atoms with E-state index in [2.05, 4.69) is 15.4 Å². The Balaban J connectivity index is 2.48. The fourth-order valence-corrected chi connectivity index (χ4v) is 1.43. The minimum Gasteiger partial charge on any atom is -0.479 e. The molecule has 8 heteroatoms. The maximum Gasteiger partial charge on any atom is 0.404 e. The van der Waals surface area contributed by atoms with E-state index in [0.717, 1.165) is 0 Å². The lowest BCUT2D eigenvalue weighted by Crippen LogP contribution is -2.42. The monoisotopic (exact) mass is 281 g/mol. The van der Waals surface area contributed by atoms with Crippen LogP contribution in [0.2, 0.25) is 0 Å². The summed E-state index contributed by atoms with van der Waals surface area (Å²) in [6.45, 7) is -0.0677. The highest BCUT2D eigenvalue weighted by Crippen LogP contribution is 2.12. The van der Waals surface area contributed by atoms with Gasteiger partial charge < -0.3 is 26.2 Å². The van der Waals surface area contributed by atoms with E-state index < -0.39 is 24.1 Å². The highest BCUT2D eigenvalue weighted by molar-refractivity contribution is 5.83. The number of carbonyl (C=O) groups excluding carboxylic acids is 2. The number of nitrogens with two attached hydrogens (primary N) is 1. The third-order valence-corrected chi connectivity index (χ3v) is 2.29. The van der Waals surface area contributed by atoms with E-state index in [4.69, 9.17) is 10.8 Å². The van der Waals surface area contributed by atoms with Crippen LogP contribution in [0, 0.1) is 0 Å². The number of primary amides is 1. The molecule has 1 atom stereocenters. The zero-order valence-corrected chi connectivity index (χ0v) is 10.5. The average molecular weight is 281 g/mol. The van der Waals surface area contributed by atoms with Crippen LogP contribution >= 0.6 is 0 Å². The molecular weight excluding hydrogens is 266 g/mol. The molecule has 0 fully saturated rings. The number of amides is 3. The summed E-state index contributed by atoms with van der Waals surface area (Å²) < 4.78 is 4.41. The SMILES string of the molecule is NC(=O)OCCNC(=O)N[C@H](C(=O)O)c1ccccc1. The molecule has 0 unspecified atom stereocenters. The van der Waals surface area contributed by atoms with Crippen molar-refractivity contribution in [3.05, 3.63) is 35.9 Å². The number of ether oxygens (including phenoxy) is 1. The molecule has 108 valence electrons. The van der Waals surface area contributed by atoms with Crippen LogP contribution in [0.1, 0.15) is 11.6 Å². The van der Waals surface area contributed by atoms with Gasteiger partial charge in [-0.15, -0.1) is 0 Å². The maximum absolute atomic E-state index is 11.5. The van der Waals surface area contributed by atoms with Crippen LogP contribution < -0.4 is 16.4 Å². The zero-order chi connectivity index (χ0) is 15.0. The summed E-state index contributed by atoms with van der Waals surface area (Å²) >= 11 is 0. The van der Waals surface area contributed by atoms with Crippen LogP contribution in [0.4, 0.5) is 9.59 Å². The topological polar surface area (TPSA) is 131 Å². The first kappa shape index (κ1) is 15.3.